The topological polar surface area (TPSA) is 88.1 Å². The van der Waals surface area contributed by atoms with Gasteiger partial charge in [0.2, 0.25) is 5.49 Å². The van der Waals surface area contributed by atoms with Crippen molar-refractivity contribution in [2.24, 2.45) is 0 Å². The second kappa shape index (κ2) is 8.90. The zero-order chi connectivity index (χ0) is 22.1. The van der Waals surface area contributed by atoms with Crippen LogP contribution in [-0.4, -0.2) is 32.8 Å². The molecular weight excluding hydrogens is 444 g/mol. The molecule has 1 aliphatic heterocycles. The van der Waals surface area contributed by atoms with Gasteiger partial charge in [-0.3, -0.25) is 10.1 Å². The van der Waals surface area contributed by atoms with E-state index < -0.39 is 11.9 Å². The van der Waals surface area contributed by atoms with Gasteiger partial charge in [0.05, 0.1) is 23.5 Å². The van der Waals surface area contributed by atoms with Crippen molar-refractivity contribution in [2.45, 2.75) is 31.9 Å². The van der Waals surface area contributed by atoms with Crippen LogP contribution in [0.4, 0.5) is 4.39 Å². The summed E-state index contributed by atoms with van der Waals surface area (Å²) in [7, 11) is 0. The van der Waals surface area contributed by atoms with Gasteiger partial charge in [0, 0.05) is 27.9 Å². The molecule has 0 bridgehead atoms. The van der Waals surface area contributed by atoms with Crippen molar-refractivity contribution in [1.29, 1.82) is 5.41 Å². The van der Waals surface area contributed by atoms with Crippen molar-refractivity contribution in [1.82, 2.24) is 19.8 Å². The van der Waals surface area contributed by atoms with Gasteiger partial charge in [0.15, 0.2) is 5.75 Å². The van der Waals surface area contributed by atoms with E-state index in [1.165, 1.54) is 18.3 Å². The van der Waals surface area contributed by atoms with E-state index in [9.17, 15) is 9.60 Å². The van der Waals surface area contributed by atoms with E-state index in [-0.39, 0.29) is 26.8 Å². The molecule has 0 radical (unpaired) electrons. The van der Waals surface area contributed by atoms with Crippen molar-refractivity contribution in [2.75, 3.05) is 13.1 Å². The molecule has 164 valence electrons. The Morgan fingerprint density at radius 2 is 2.00 bits per heavy atom. The standard InChI is InChI=1S/C21H22Cl2FN5O2/c1-12(19-16(22)2-3-17(24)20(19)23)31-18-8-13(11-29(30)21(18)25)14-9-27-28(10-14)15-4-6-26-7-5-15/h2-3,8-12,15,25-26,30H,4-7H2,1H3/t12-/m1/s1. The molecule has 0 saturated carbocycles. The van der Waals surface area contributed by atoms with E-state index in [1.807, 2.05) is 10.9 Å². The first-order chi connectivity index (χ1) is 14.8. The second-order valence-electron chi connectivity index (χ2n) is 7.49. The summed E-state index contributed by atoms with van der Waals surface area (Å²) in [6.45, 7) is 3.55. The fraction of sp³-hybridized carbons (Fsp3) is 0.333. The SMILES string of the molecule is C[C@@H](Oc1cc(-c2cnn(C3CCNCC3)c2)cn(O)c1=N)c1c(Cl)ccc(F)c1Cl. The number of piperidine rings is 1. The van der Waals surface area contributed by atoms with Crippen LogP contribution in [0.2, 0.25) is 10.0 Å². The highest BCUT2D eigenvalue weighted by Gasteiger charge is 2.21. The van der Waals surface area contributed by atoms with E-state index >= 15 is 0 Å². The van der Waals surface area contributed by atoms with E-state index in [1.54, 1.807) is 19.2 Å². The highest BCUT2D eigenvalue weighted by Crippen LogP contribution is 2.35. The Hall–Kier alpha value is -2.55. The molecule has 1 aromatic carbocycles. The normalized spacial score (nSPS) is 15.7. The fourth-order valence-corrected chi connectivity index (χ4v) is 4.40. The predicted octanol–water partition coefficient (Wildman–Crippen LogP) is 4.58. The number of nitrogens with zero attached hydrogens (tertiary/aromatic N) is 3. The Morgan fingerprint density at radius 3 is 2.74 bits per heavy atom. The molecule has 3 aromatic rings. The van der Waals surface area contributed by atoms with Crippen LogP contribution in [0.15, 0.2) is 36.8 Å². The zero-order valence-electron chi connectivity index (χ0n) is 16.8. The summed E-state index contributed by atoms with van der Waals surface area (Å²) in [5.41, 5.74) is 1.42. The Balaban J connectivity index is 1.64. The number of nitrogens with one attached hydrogen (secondary N) is 2. The minimum absolute atomic E-state index is 0.0958. The third kappa shape index (κ3) is 4.42. The lowest BCUT2D eigenvalue weighted by molar-refractivity contribution is 0.155. The van der Waals surface area contributed by atoms with Crippen LogP contribution < -0.4 is 15.5 Å². The second-order valence-corrected chi connectivity index (χ2v) is 8.28. The molecule has 1 saturated heterocycles. The number of aromatic nitrogens is 3. The van der Waals surface area contributed by atoms with Crippen LogP contribution in [0, 0.1) is 11.2 Å². The minimum atomic E-state index is -0.757. The van der Waals surface area contributed by atoms with Crippen molar-refractivity contribution < 1.29 is 14.3 Å². The molecule has 0 spiro atoms. The third-order valence-corrected chi connectivity index (χ3v) is 6.13. The summed E-state index contributed by atoms with van der Waals surface area (Å²) in [5, 5.41) is 26.3. The van der Waals surface area contributed by atoms with Crippen LogP contribution >= 0.6 is 23.2 Å². The van der Waals surface area contributed by atoms with Gasteiger partial charge in [-0.25, -0.2) is 4.39 Å². The lowest BCUT2D eigenvalue weighted by Crippen LogP contribution is -2.29. The van der Waals surface area contributed by atoms with E-state index in [0.29, 0.717) is 16.3 Å². The fourth-order valence-electron chi connectivity index (χ4n) is 3.73. The maximum absolute atomic E-state index is 13.9. The largest absolute Gasteiger partial charge is 0.482 e. The first-order valence-corrected chi connectivity index (χ1v) is 10.7. The third-order valence-electron chi connectivity index (χ3n) is 5.42. The van der Waals surface area contributed by atoms with Gasteiger partial charge in [-0.15, -0.1) is 0 Å². The average molecular weight is 466 g/mol. The highest BCUT2D eigenvalue weighted by atomic mass is 35.5. The minimum Gasteiger partial charge on any atom is -0.482 e. The summed E-state index contributed by atoms with van der Waals surface area (Å²) in [5.74, 6) is -0.516. The van der Waals surface area contributed by atoms with Gasteiger partial charge < -0.3 is 15.3 Å². The Kier molecular flexibility index (Phi) is 6.22. The predicted molar refractivity (Wildman–Crippen MR) is 115 cm³/mol. The van der Waals surface area contributed by atoms with E-state index in [2.05, 4.69) is 10.4 Å². The molecule has 3 N–H and O–H groups in total. The average Bonchev–Trinajstić information content (AvgIpc) is 3.25. The number of halogens is 3. The van der Waals surface area contributed by atoms with Gasteiger partial charge in [-0.1, -0.05) is 23.2 Å². The summed E-state index contributed by atoms with van der Waals surface area (Å²) in [4.78, 5) is 0. The van der Waals surface area contributed by atoms with Crippen LogP contribution in [0.1, 0.15) is 37.5 Å². The molecular formula is C21H22Cl2FN5O2. The molecule has 3 heterocycles. The summed E-state index contributed by atoms with van der Waals surface area (Å²) < 4.78 is 22.4. The first-order valence-electron chi connectivity index (χ1n) is 9.91. The van der Waals surface area contributed by atoms with E-state index in [0.717, 1.165) is 31.5 Å². The van der Waals surface area contributed by atoms with Crippen molar-refractivity contribution in [3.63, 3.8) is 0 Å². The summed E-state index contributed by atoms with van der Waals surface area (Å²) >= 11 is 12.3. The van der Waals surface area contributed by atoms with Crippen molar-refractivity contribution in [3.8, 4) is 16.9 Å². The lowest BCUT2D eigenvalue weighted by Gasteiger charge is -2.22. The van der Waals surface area contributed by atoms with Crippen LogP contribution in [-0.2, 0) is 0 Å². The van der Waals surface area contributed by atoms with Gasteiger partial charge in [0.1, 0.15) is 11.9 Å². The van der Waals surface area contributed by atoms with Gasteiger partial charge in [-0.2, -0.15) is 9.83 Å². The Labute approximate surface area is 188 Å². The summed E-state index contributed by atoms with van der Waals surface area (Å²) in [6, 6.07) is 4.53. The highest BCUT2D eigenvalue weighted by molar-refractivity contribution is 6.36. The lowest BCUT2D eigenvalue weighted by atomic mass is 10.1. The first kappa shape index (κ1) is 21.7. The van der Waals surface area contributed by atoms with Gasteiger partial charge in [-0.05, 0) is 51.1 Å². The van der Waals surface area contributed by atoms with Crippen LogP contribution in [0.5, 0.6) is 5.75 Å². The molecule has 1 atom stereocenters. The van der Waals surface area contributed by atoms with Crippen LogP contribution in [0.25, 0.3) is 11.1 Å². The Morgan fingerprint density at radius 1 is 1.26 bits per heavy atom. The molecule has 0 aliphatic carbocycles. The number of rotatable bonds is 5. The molecule has 7 nitrogen and oxygen atoms in total. The number of pyridine rings is 1. The van der Waals surface area contributed by atoms with Gasteiger partial charge in [0.25, 0.3) is 0 Å². The van der Waals surface area contributed by atoms with Gasteiger partial charge >= 0.3 is 0 Å². The molecule has 2 aromatic heterocycles. The number of hydrogen-bond donors (Lipinski definition) is 3. The maximum Gasteiger partial charge on any atom is 0.203 e. The van der Waals surface area contributed by atoms with Crippen LogP contribution in [0.3, 0.4) is 0 Å². The molecule has 1 fully saturated rings. The van der Waals surface area contributed by atoms with Crippen molar-refractivity contribution >= 4 is 23.2 Å². The molecule has 31 heavy (non-hydrogen) atoms. The zero-order valence-corrected chi connectivity index (χ0v) is 18.3. The monoisotopic (exact) mass is 465 g/mol. The number of ether oxygens (including phenoxy) is 1. The van der Waals surface area contributed by atoms with Crippen molar-refractivity contribution in [3.05, 3.63) is 63.7 Å². The maximum atomic E-state index is 13.9. The Bertz CT molecular complexity index is 1160. The molecule has 0 amide bonds. The number of hydrogen-bond acceptors (Lipinski definition) is 5. The molecule has 4 rings (SSSR count). The molecule has 0 unspecified atom stereocenters. The smallest absolute Gasteiger partial charge is 0.203 e. The summed E-state index contributed by atoms with van der Waals surface area (Å²) in [6.07, 6.45) is 6.29. The molecule has 10 heteroatoms. The number of benzene rings is 1. The molecule has 1 aliphatic rings. The van der Waals surface area contributed by atoms with E-state index in [4.69, 9.17) is 33.3 Å². The quantitative estimate of drug-likeness (QED) is 0.380.